The molecule has 17 rings (SSSR count). The molecule has 31 heteroatoms. The van der Waals surface area contributed by atoms with Gasteiger partial charge in [-0.1, -0.05) is 68.3 Å². The Morgan fingerprint density at radius 2 is 0.779 bits per heavy atom. The van der Waals surface area contributed by atoms with Crippen molar-refractivity contribution in [1.82, 2.24) is 55.2 Å². The van der Waals surface area contributed by atoms with Crippen molar-refractivity contribution in [3.63, 3.8) is 0 Å². The van der Waals surface area contributed by atoms with Crippen molar-refractivity contribution < 1.29 is 69.8 Å². The molecule has 0 saturated carbocycles. The Morgan fingerprint density at radius 3 is 1.16 bits per heavy atom. The van der Waals surface area contributed by atoms with Crippen LogP contribution in [0.25, 0.3) is 66.5 Å². The number of sulfone groups is 3. The van der Waals surface area contributed by atoms with Crippen molar-refractivity contribution in [3.8, 4) is 63.5 Å². The molecule has 26 nitrogen and oxygen atoms in total. The summed E-state index contributed by atoms with van der Waals surface area (Å²) in [4.78, 5) is 67.0. The monoisotopic (exact) mass is 1840 g/mol. The molecule has 12 aromatic rings. The number of carboxylic acids is 1. The quantitative estimate of drug-likeness (QED) is 0.0323. The summed E-state index contributed by atoms with van der Waals surface area (Å²) >= 11 is 6.43. The van der Waals surface area contributed by atoms with Crippen molar-refractivity contribution in [2.45, 2.75) is 74.4 Å². The number of aromatic amines is 3. The summed E-state index contributed by atoms with van der Waals surface area (Å²) < 4.78 is 108. The molecule has 0 spiro atoms. The molecule has 0 bridgehead atoms. The number of imidazole rings is 3. The third-order valence-corrected chi connectivity index (χ3v) is 27.3. The molecule has 640 valence electrons. The van der Waals surface area contributed by atoms with E-state index in [1.807, 2.05) is 69.3 Å². The molecule has 0 radical (unpaired) electrons. The molecule has 2 saturated heterocycles. The number of carboxylic acid groups (broad SMARTS) is 1. The number of rotatable bonds is 19. The zero-order valence-electron chi connectivity index (χ0n) is 69.1. The second-order valence-corrected chi connectivity index (χ2v) is 37.3. The molecule has 3 aromatic heterocycles. The summed E-state index contributed by atoms with van der Waals surface area (Å²) in [7, 11) is -10.1. The summed E-state index contributed by atoms with van der Waals surface area (Å²) in [6.45, 7) is 18.4. The van der Waals surface area contributed by atoms with Crippen LogP contribution in [-0.4, -0.2) is 219 Å². The lowest BCUT2D eigenvalue weighted by Gasteiger charge is -2.26. The maximum absolute atomic E-state index is 13.5. The van der Waals surface area contributed by atoms with Gasteiger partial charge in [0.15, 0.2) is 29.5 Å². The van der Waals surface area contributed by atoms with Crippen LogP contribution in [0.15, 0.2) is 197 Å². The standard InChI is InChI=1S/C31H34N4O5S.C27H26BrN3O4S.C17H17N3O.C10H11BrO4S.C4H9NO.C2H2/c1-22-32-28-9-5-25(20-29(28)33-22)24-6-10-30-26(19-24)21-35(14-17-40-30)31(36)23-3-7-27(8-4-23)41(37,38)18-2-11-34-12-15-39-16-13-34;1-18-29-24-9-5-21(16-25(24)30-18)20-6-10-26-22(15-20)17-31(12-13-35-26)27(32)19-3-7-23(8-4-19)36(33,34)14-2-11-28;1-11-19-15-4-2-13(9-16(15)20-11)12-3-5-17-14(8-12)10-18-6-7-21-17;11-6-1-7-16(14,15)9-4-2-8(3-5-9)10(12)13;1-3-6-4-2-5-1;1-2/h3-10,19-20H,2,11-18,21H2,1H3,(H,32,33);3-10,15-16H,2,11-14,17H2,1H3,(H,29,30);2-5,8-9,18H,6-7,10H2,1H3,(H,19,20);2-5H,1,6-7H2,(H,12,13);5H,1-4H2;1-2H/i;;;;;1D. The maximum Gasteiger partial charge on any atom is 0.335 e. The second kappa shape index (κ2) is 42.9. The summed E-state index contributed by atoms with van der Waals surface area (Å²) in [5, 5.41) is 16.4. The van der Waals surface area contributed by atoms with Gasteiger partial charge in [0.05, 0.1) is 110 Å². The number of alkyl halides is 2. The van der Waals surface area contributed by atoms with Crippen molar-refractivity contribution >= 4 is 112 Å². The predicted molar refractivity (Wildman–Crippen MR) is 481 cm³/mol. The molecule has 5 aliphatic heterocycles. The van der Waals surface area contributed by atoms with E-state index in [9.17, 15) is 39.6 Å². The Kier molecular flexibility index (Phi) is 31.4. The first kappa shape index (κ1) is 89.1. The van der Waals surface area contributed by atoms with Crippen LogP contribution < -0.4 is 24.8 Å². The van der Waals surface area contributed by atoms with Crippen molar-refractivity contribution in [2.75, 3.05) is 127 Å². The number of morpholine rings is 2. The molecule has 9 aromatic carbocycles. The first-order valence-electron chi connectivity index (χ1n) is 40.6. The fraction of sp³-hybridized carbons (Fsp3) is 0.319. The third kappa shape index (κ3) is 24.2. The van der Waals surface area contributed by atoms with E-state index >= 15 is 0 Å². The van der Waals surface area contributed by atoms with E-state index < -0.39 is 35.5 Å². The molecular weight excluding hydrogens is 1740 g/mol. The topological polar surface area (TPSA) is 340 Å². The Hall–Kier alpha value is -10.6. The van der Waals surface area contributed by atoms with Crippen LogP contribution >= 0.6 is 31.9 Å². The number of fused-ring (bicyclic) bond motifs is 6. The molecule has 2 amide bonds. The number of carbonyl (C=O) groups is 3. The summed E-state index contributed by atoms with van der Waals surface area (Å²) in [6.07, 6.45) is 7.39. The largest absolute Gasteiger partial charge is 0.492 e. The van der Waals surface area contributed by atoms with Crippen LogP contribution in [0.3, 0.4) is 0 Å². The highest BCUT2D eigenvalue weighted by Crippen LogP contribution is 2.35. The smallest absolute Gasteiger partial charge is 0.335 e. The lowest BCUT2D eigenvalue weighted by Crippen LogP contribution is -2.37. The van der Waals surface area contributed by atoms with Gasteiger partial charge in [-0.3, -0.25) is 14.5 Å². The zero-order valence-corrected chi connectivity index (χ0v) is 73.7. The minimum absolute atomic E-state index is 0.0602. The van der Waals surface area contributed by atoms with Gasteiger partial charge >= 0.3 is 5.97 Å². The first-order valence-corrected chi connectivity index (χ1v) is 47.3. The normalized spacial score (nSPS) is 14.8. The van der Waals surface area contributed by atoms with Crippen molar-refractivity contribution in [2.24, 2.45) is 0 Å². The molecule has 0 aliphatic carbocycles. The minimum Gasteiger partial charge on any atom is -0.492 e. The summed E-state index contributed by atoms with van der Waals surface area (Å²) in [5.41, 5.74) is 16.5. The number of carbonyl (C=O) groups excluding carboxylic acids is 2. The van der Waals surface area contributed by atoms with E-state index in [-0.39, 0.29) is 49.3 Å². The number of H-pyrrole nitrogens is 3. The Morgan fingerprint density at radius 1 is 0.434 bits per heavy atom. The second-order valence-electron chi connectivity index (χ2n) is 29.4. The lowest BCUT2D eigenvalue weighted by molar-refractivity contribution is 0.0381. The number of nitrogens with zero attached hydrogens (tertiary/aromatic N) is 6. The summed E-state index contributed by atoms with van der Waals surface area (Å²) in [5.74, 6) is 4.04. The molecule has 122 heavy (non-hydrogen) atoms. The van der Waals surface area contributed by atoms with Gasteiger partial charge in [0.2, 0.25) is 0 Å². The number of hydrogen-bond donors (Lipinski definition) is 6. The first-order chi connectivity index (χ1) is 59.4. The number of aromatic carboxylic acids is 1. The van der Waals surface area contributed by atoms with E-state index in [0.717, 1.165) is 167 Å². The molecule has 2 fully saturated rings. The molecule has 0 atom stereocenters. The van der Waals surface area contributed by atoms with E-state index in [2.05, 4.69) is 144 Å². The van der Waals surface area contributed by atoms with Gasteiger partial charge in [0, 0.05) is 90.8 Å². The fourth-order valence-corrected chi connectivity index (χ4v) is 19.6. The maximum atomic E-state index is 13.5. The van der Waals surface area contributed by atoms with Crippen molar-refractivity contribution in [3.05, 3.63) is 233 Å². The van der Waals surface area contributed by atoms with Crippen LogP contribution in [0.5, 0.6) is 17.2 Å². The van der Waals surface area contributed by atoms with Gasteiger partial charge in [0.1, 0.15) is 55.9 Å². The number of hydrogen-bond acceptors (Lipinski definition) is 20. The Bertz CT molecular complexity index is 6050. The average Bonchev–Trinajstić information content (AvgIpc) is 1.72. The minimum atomic E-state index is -3.43. The number of nitrogens with one attached hydrogen (secondary N) is 5. The van der Waals surface area contributed by atoms with Crippen LogP contribution in [-0.2, 0) is 58.6 Å². The van der Waals surface area contributed by atoms with E-state index in [1.54, 1.807) is 46.2 Å². The zero-order chi connectivity index (χ0) is 87.1. The van der Waals surface area contributed by atoms with Gasteiger partial charge in [-0.15, -0.1) is 12.8 Å². The van der Waals surface area contributed by atoms with Crippen LogP contribution in [0.1, 0.15) is 85.9 Å². The van der Waals surface area contributed by atoms with Crippen LogP contribution in [0.4, 0.5) is 0 Å². The highest BCUT2D eigenvalue weighted by molar-refractivity contribution is 9.09. The molecular formula is C91H99Br2N11O15S3. The summed E-state index contributed by atoms with van der Waals surface area (Å²) in [6, 6.07) is 54.8. The average molecular weight is 1840 g/mol. The lowest BCUT2D eigenvalue weighted by atomic mass is 10.0. The van der Waals surface area contributed by atoms with Crippen LogP contribution in [0, 0.1) is 33.6 Å². The van der Waals surface area contributed by atoms with Gasteiger partial charge < -0.3 is 64.2 Å². The highest BCUT2D eigenvalue weighted by Gasteiger charge is 2.27. The van der Waals surface area contributed by atoms with Gasteiger partial charge in [-0.05, 0) is 226 Å². The predicted octanol–water partition coefficient (Wildman–Crippen LogP) is 14.0. The number of aromatic nitrogens is 6. The van der Waals surface area contributed by atoms with E-state index in [0.29, 0.717) is 93.7 Å². The number of terminal acetylenes is 1. The molecule has 5 aliphatic rings. The Labute approximate surface area is 729 Å². The van der Waals surface area contributed by atoms with Gasteiger partial charge in [-0.25, -0.2) is 45.0 Å². The Balaban J connectivity index is 0.000000152. The van der Waals surface area contributed by atoms with E-state index in [1.165, 1.54) is 59.5 Å². The van der Waals surface area contributed by atoms with Crippen LogP contribution in [0.2, 0.25) is 0 Å². The number of aryl methyl sites for hydroxylation is 3. The SMILES string of the molecule is C1COCCN1.Cc1nc2ccc(-c3ccc4c(c3)CN(C(=O)c3ccc(S(=O)(=O)CCCBr)cc3)CCO4)cc2[nH]1.Cc1nc2ccc(-c3ccc4c(c3)CN(C(=O)c3ccc(S(=O)(=O)CCCN5CCOCC5)cc3)CCO4)cc2[nH]1.Cc1nc2ccc(-c3ccc4c(c3)CNCCO4)cc2[nH]1.O=C(O)c1ccc(S(=O)(=O)CCCBr)cc1.[2H]C#C. The fourth-order valence-electron chi connectivity index (χ4n) is 14.4. The number of benzene rings is 9. The molecule has 6 N–H and O–H groups in total. The van der Waals surface area contributed by atoms with E-state index in [4.69, 9.17) is 30.2 Å². The molecule has 0 unspecified atom stereocenters. The van der Waals surface area contributed by atoms with Crippen molar-refractivity contribution in [1.29, 1.82) is 0 Å². The number of ether oxygens (including phenoxy) is 5. The van der Waals surface area contributed by atoms with Gasteiger partial charge in [0.25, 0.3) is 11.8 Å². The molecule has 8 heterocycles. The third-order valence-electron chi connectivity index (χ3n) is 20.7. The highest BCUT2D eigenvalue weighted by atomic mass is 79.9. The number of amides is 2. The van der Waals surface area contributed by atoms with Gasteiger partial charge in [-0.2, -0.15) is 0 Å². The number of halogens is 2.